The van der Waals surface area contributed by atoms with Gasteiger partial charge in [0.15, 0.2) is 0 Å². The summed E-state index contributed by atoms with van der Waals surface area (Å²) >= 11 is 0. The SMILES string of the molecule is O=C(O[C@@H]1O[C@H](COCc2ccccc2)[C@H](OCc2ccccc2)[C@H]1OCc1ccccc1)c1ccc([N+](=O)[O-])cc1. The van der Waals surface area contributed by atoms with Gasteiger partial charge in [0.2, 0.25) is 6.29 Å². The number of hydrogen-bond donors (Lipinski definition) is 0. The first-order valence-corrected chi connectivity index (χ1v) is 13.6. The van der Waals surface area contributed by atoms with Crippen molar-refractivity contribution in [2.24, 2.45) is 0 Å². The largest absolute Gasteiger partial charge is 0.429 e. The average Bonchev–Trinajstić information content (AvgIpc) is 3.35. The molecule has 1 aliphatic rings. The summed E-state index contributed by atoms with van der Waals surface area (Å²) in [6.45, 7) is 1.07. The Kier molecular flexibility index (Phi) is 10.0. The Morgan fingerprint density at radius 2 is 1.19 bits per heavy atom. The summed E-state index contributed by atoms with van der Waals surface area (Å²) in [5.74, 6) is -0.698. The maximum atomic E-state index is 13.1. The number of non-ortho nitro benzene ring substituents is 1. The molecule has 1 fully saturated rings. The second-order valence-corrected chi connectivity index (χ2v) is 9.78. The minimum atomic E-state index is -1.11. The Morgan fingerprint density at radius 3 is 1.71 bits per heavy atom. The lowest BCUT2D eigenvalue weighted by Gasteiger charge is -2.25. The van der Waals surface area contributed by atoms with E-state index in [1.807, 2.05) is 91.0 Å². The second kappa shape index (κ2) is 14.5. The van der Waals surface area contributed by atoms with Crippen molar-refractivity contribution in [1.82, 2.24) is 0 Å². The van der Waals surface area contributed by atoms with Crippen LogP contribution in [0.15, 0.2) is 115 Å². The van der Waals surface area contributed by atoms with Crippen LogP contribution in [0, 0.1) is 10.1 Å². The Balaban J connectivity index is 1.35. The molecule has 0 aliphatic carbocycles. The van der Waals surface area contributed by atoms with Crippen LogP contribution in [0.25, 0.3) is 0 Å². The number of esters is 1. The van der Waals surface area contributed by atoms with Gasteiger partial charge in [-0.25, -0.2) is 4.79 Å². The molecule has 4 atom stereocenters. The molecule has 1 saturated heterocycles. The van der Waals surface area contributed by atoms with Crippen LogP contribution in [0.5, 0.6) is 0 Å². The van der Waals surface area contributed by atoms with Crippen LogP contribution in [-0.4, -0.2) is 42.1 Å². The first-order valence-electron chi connectivity index (χ1n) is 13.6. The topological polar surface area (TPSA) is 106 Å². The van der Waals surface area contributed by atoms with Gasteiger partial charge in [0.05, 0.1) is 36.9 Å². The molecule has 0 unspecified atom stereocenters. The lowest BCUT2D eigenvalue weighted by Crippen LogP contribution is -2.40. The normalized spacial score (nSPS) is 19.8. The van der Waals surface area contributed by atoms with E-state index in [0.29, 0.717) is 6.61 Å². The Bertz CT molecular complexity index is 1420. The molecule has 9 heteroatoms. The van der Waals surface area contributed by atoms with Gasteiger partial charge in [0.1, 0.15) is 18.3 Å². The van der Waals surface area contributed by atoms with E-state index in [-0.39, 0.29) is 31.1 Å². The molecule has 4 aromatic carbocycles. The van der Waals surface area contributed by atoms with Gasteiger partial charge in [-0.3, -0.25) is 10.1 Å². The fourth-order valence-electron chi connectivity index (χ4n) is 4.59. The van der Waals surface area contributed by atoms with E-state index in [1.165, 1.54) is 24.3 Å². The molecule has 42 heavy (non-hydrogen) atoms. The van der Waals surface area contributed by atoms with Crippen LogP contribution >= 0.6 is 0 Å². The number of nitro benzene ring substituents is 1. The van der Waals surface area contributed by atoms with Crippen molar-refractivity contribution in [2.45, 2.75) is 44.4 Å². The fourth-order valence-corrected chi connectivity index (χ4v) is 4.59. The molecule has 1 aliphatic heterocycles. The van der Waals surface area contributed by atoms with E-state index < -0.39 is 35.5 Å². The summed E-state index contributed by atoms with van der Waals surface area (Å²) in [5.41, 5.74) is 2.93. The predicted molar refractivity (Wildman–Crippen MR) is 153 cm³/mol. The Morgan fingerprint density at radius 1 is 0.690 bits per heavy atom. The summed E-state index contributed by atoms with van der Waals surface area (Å²) in [5, 5.41) is 11.0. The highest BCUT2D eigenvalue weighted by molar-refractivity contribution is 5.89. The molecule has 4 aromatic rings. The van der Waals surface area contributed by atoms with Gasteiger partial charge in [-0.1, -0.05) is 91.0 Å². The van der Waals surface area contributed by atoms with E-state index in [2.05, 4.69) is 0 Å². The number of hydrogen-bond acceptors (Lipinski definition) is 8. The zero-order valence-corrected chi connectivity index (χ0v) is 22.8. The molecule has 1 heterocycles. The third-order valence-electron chi connectivity index (χ3n) is 6.77. The lowest BCUT2D eigenvalue weighted by molar-refractivity contribution is -0.384. The number of rotatable bonds is 13. The molecule has 0 spiro atoms. The van der Waals surface area contributed by atoms with Crippen LogP contribution in [0.2, 0.25) is 0 Å². The lowest BCUT2D eigenvalue weighted by atomic mass is 10.1. The van der Waals surface area contributed by atoms with Gasteiger partial charge < -0.3 is 23.7 Å². The maximum Gasteiger partial charge on any atom is 0.340 e. The molecule has 216 valence electrons. The summed E-state index contributed by atoms with van der Waals surface area (Å²) < 4.78 is 30.7. The summed E-state index contributed by atoms with van der Waals surface area (Å²) in [6.07, 6.45) is -3.11. The first kappa shape index (κ1) is 29.1. The highest BCUT2D eigenvalue weighted by atomic mass is 16.7. The van der Waals surface area contributed by atoms with Gasteiger partial charge in [-0.05, 0) is 28.8 Å². The number of carbonyl (C=O) groups excluding carboxylic acids is 1. The molecular formula is C33H31NO8. The van der Waals surface area contributed by atoms with Gasteiger partial charge in [-0.2, -0.15) is 0 Å². The van der Waals surface area contributed by atoms with Crippen LogP contribution in [0.4, 0.5) is 5.69 Å². The molecule has 0 N–H and O–H groups in total. The number of carbonyl (C=O) groups is 1. The van der Waals surface area contributed by atoms with Crippen LogP contribution < -0.4 is 0 Å². The zero-order valence-electron chi connectivity index (χ0n) is 22.8. The highest BCUT2D eigenvalue weighted by Gasteiger charge is 2.48. The van der Waals surface area contributed by atoms with E-state index in [4.69, 9.17) is 23.7 Å². The molecule has 0 amide bonds. The van der Waals surface area contributed by atoms with E-state index in [1.54, 1.807) is 0 Å². The molecule has 0 aromatic heterocycles. The van der Waals surface area contributed by atoms with Crippen molar-refractivity contribution in [3.63, 3.8) is 0 Å². The van der Waals surface area contributed by atoms with Gasteiger partial charge in [-0.15, -0.1) is 0 Å². The third kappa shape index (κ3) is 7.86. The molecule has 5 rings (SSSR count). The predicted octanol–water partition coefficient (Wildman–Crippen LogP) is 5.86. The van der Waals surface area contributed by atoms with E-state index in [0.717, 1.165) is 16.7 Å². The van der Waals surface area contributed by atoms with Crippen molar-refractivity contribution in [2.75, 3.05) is 6.61 Å². The fraction of sp³-hybridized carbons (Fsp3) is 0.242. The highest BCUT2D eigenvalue weighted by Crippen LogP contribution is 2.31. The molecule has 0 saturated carbocycles. The number of nitro groups is 1. The standard InChI is InChI=1S/C33H31NO8/c35-32(27-16-18-28(19-17-27)34(36)37)42-33-31(40-22-26-14-8-3-9-15-26)30(39-21-25-12-6-2-7-13-25)29(41-33)23-38-20-24-10-4-1-5-11-24/h1-19,29-31,33H,20-23H2/t29-,30+,31-,33+/m1/s1. The van der Waals surface area contributed by atoms with Crippen molar-refractivity contribution in [1.29, 1.82) is 0 Å². The maximum absolute atomic E-state index is 13.1. The van der Waals surface area contributed by atoms with Crippen LogP contribution in [0.1, 0.15) is 27.0 Å². The zero-order chi connectivity index (χ0) is 29.1. The number of benzene rings is 4. The third-order valence-corrected chi connectivity index (χ3v) is 6.77. The van der Waals surface area contributed by atoms with Crippen LogP contribution in [0.3, 0.4) is 0 Å². The Hall–Kier alpha value is -4.41. The summed E-state index contributed by atoms with van der Waals surface area (Å²) in [7, 11) is 0. The van der Waals surface area contributed by atoms with Gasteiger partial charge in [0, 0.05) is 12.1 Å². The second-order valence-electron chi connectivity index (χ2n) is 9.78. The Labute approximate surface area is 243 Å². The van der Waals surface area contributed by atoms with Crippen LogP contribution in [-0.2, 0) is 43.5 Å². The summed E-state index contributed by atoms with van der Waals surface area (Å²) in [6, 6.07) is 34.3. The minimum Gasteiger partial charge on any atom is -0.429 e. The van der Waals surface area contributed by atoms with Crippen molar-refractivity contribution in [3.05, 3.63) is 148 Å². The quantitative estimate of drug-likeness (QED) is 0.112. The number of nitrogens with zero attached hydrogens (tertiary/aromatic N) is 1. The first-order chi connectivity index (χ1) is 20.6. The van der Waals surface area contributed by atoms with Crippen molar-refractivity contribution in [3.8, 4) is 0 Å². The average molecular weight is 570 g/mol. The van der Waals surface area contributed by atoms with E-state index >= 15 is 0 Å². The van der Waals surface area contributed by atoms with Gasteiger partial charge >= 0.3 is 5.97 Å². The van der Waals surface area contributed by atoms with Gasteiger partial charge in [0.25, 0.3) is 5.69 Å². The van der Waals surface area contributed by atoms with Crippen molar-refractivity contribution < 1.29 is 33.4 Å². The monoisotopic (exact) mass is 569 g/mol. The molecule has 0 bridgehead atoms. The molecular weight excluding hydrogens is 538 g/mol. The van der Waals surface area contributed by atoms with E-state index in [9.17, 15) is 14.9 Å². The van der Waals surface area contributed by atoms with Crippen molar-refractivity contribution >= 4 is 11.7 Å². The smallest absolute Gasteiger partial charge is 0.340 e. The summed E-state index contributed by atoms with van der Waals surface area (Å²) in [4.78, 5) is 23.6. The number of ether oxygens (including phenoxy) is 5. The minimum absolute atomic E-state index is 0.127. The molecule has 9 nitrogen and oxygen atoms in total. The molecule has 0 radical (unpaired) electrons.